The number of carbonyl (C=O) groups is 1. The van der Waals surface area contributed by atoms with Gasteiger partial charge >= 0.3 is 0 Å². The number of carbonyl (C=O) groups excluding carboxylic acids is 1. The molecule has 4 aromatic carbocycles. The van der Waals surface area contributed by atoms with Gasteiger partial charge in [0, 0.05) is 16.5 Å². The van der Waals surface area contributed by atoms with E-state index in [0.717, 1.165) is 33.4 Å². The average molecular weight is 426 g/mol. The third-order valence-electron chi connectivity index (χ3n) is 5.40. The number of fused-ring (bicyclic) bond motifs is 1. The summed E-state index contributed by atoms with van der Waals surface area (Å²) >= 11 is 0. The van der Waals surface area contributed by atoms with Crippen molar-refractivity contribution in [1.29, 1.82) is 0 Å². The van der Waals surface area contributed by atoms with Gasteiger partial charge in [-0.2, -0.15) is 0 Å². The highest BCUT2D eigenvalue weighted by Crippen LogP contribution is 2.28. The van der Waals surface area contributed by atoms with Crippen molar-refractivity contribution < 1.29 is 14.3 Å². The summed E-state index contributed by atoms with van der Waals surface area (Å²) in [6.45, 7) is 4.76. The zero-order valence-electron chi connectivity index (χ0n) is 18.4. The molecule has 0 saturated carbocycles. The first-order chi connectivity index (χ1) is 15.7. The van der Waals surface area contributed by atoms with Crippen LogP contribution in [0.2, 0.25) is 0 Å². The number of amides is 1. The Bertz CT molecular complexity index is 1200. The summed E-state index contributed by atoms with van der Waals surface area (Å²) in [7, 11) is 0. The number of hydrogen-bond donors (Lipinski definition) is 1. The Morgan fingerprint density at radius 3 is 2.41 bits per heavy atom. The molecule has 1 amide bonds. The molecule has 4 nitrogen and oxygen atoms in total. The molecule has 4 heteroatoms. The van der Waals surface area contributed by atoms with Gasteiger partial charge in [-0.25, -0.2) is 0 Å². The van der Waals surface area contributed by atoms with Gasteiger partial charge in [-0.3, -0.25) is 4.79 Å². The number of benzene rings is 4. The van der Waals surface area contributed by atoms with Crippen molar-refractivity contribution in [3.05, 3.63) is 108 Å². The monoisotopic (exact) mass is 425 g/mol. The summed E-state index contributed by atoms with van der Waals surface area (Å²) in [5.74, 6) is 1.40. The summed E-state index contributed by atoms with van der Waals surface area (Å²) in [5, 5.41) is 5.25. The van der Waals surface area contributed by atoms with Crippen molar-refractivity contribution >= 4 is 16.7 Å². The number of hydrogen-bond acceptors (Lipinski definition) is 3. The van der Waals surface area contributed by atoms with Crippen molar-refractivity contribution in [1.82, 2.24) is 5.32 Å². The fraction of sp³-hybridized carbons (Fsp3) is 0.179. The van der Waals surface area contributed by atoms with Crippen LogP contribution in [0.15, 0.2) is 91.0 Å². The predicted molar refractivity (Wildman–Crippen MR) is 128 cm³/mol. The van der Waals surface area contributed by atoms with Gasteiger partial charge in [-0.05, 0) is 49.1 Å². The average Bonchev–Trinajstić information content (AvgIpc) is 2.84. The lowest BCUT2D eigenvalue weighted by Crippen LogP contribution is -2.26. The lowest BCUT2D eigenvalue weighted by Gasteiger charge is -2.17. The lowest BCUT2D eigenvalue weighted by atomic mass is 10.1. The zero-order valence-corrected chi connectivity index (χ0v) is 18.4. The van der Waals surface area contributed by atoms with Gasteiger partial charge in [-0.15, -0.1) is 0 Å². The number of ether oxygens (including phenoxy) is 2. The smallest absolute Gasteiger partial charge is 0.251 e. The summed E-state index contributed by atoms with van der Waals surface area (Å²) in [6.07, 6.45) is 0. The Morgan fingerprint density at radius 2 is 1.59 bits per heavy atom. The van der Waals surface area contributed by atoms with Crippen LogP contribution in [0.1, 0.15) is 41.4 Å². The molecule has 0 aliphatic rings. The molecule has 1 unspecified atom stereocenters. The minimum Gasteiger partial charge on any atom is -0.493 e. The van der Waals surface area contributed by atoms with E-state index in [1.807, 2.05) is 86.6 Å². The molecule has 0 heterocycles. The van der Waals surface area contributed by atoms with E-state index in [1.165, 1.54) is 0 Å². The molecule has 0 radical (unpaired) electrons. The Morgan fingerprint density at radius 1 is 0.844 bits per heavy atom. The van der Waals surface area contributed by atoms with Gasteiger partial charge in [-0.1, -0.05) is 66.7 Å². The van der Waals surface area contributed by atoms with Gasteiger partial charge in [0.1, 0.15) is 18.1 Å². The van der Waals surface area contributed by atoms with E-state index in [2.05, 4.69) is 17.4 Å². The third-order valence-corrected chi connectivity index (χ3v) is 5.40. The fourth-order valence-corrected chi connectivity index (χ4v) is 3.71. The number of nitrogens with one attached hydrogen (secondary N) is 1. The molecule has 4 rings (SSSR count). The molecule has 162 valence electrons. The van der Waals surface area contributed by atoms with Gasteiger partial charge in [0.2, 0.25) is 0 Å². The standard InChI is InChI=1S/C28H27NO3/c1-3-31-26-17-16-23(28(30)29-20(2)21-10-5-4-6-11-21)18-24(26)19-32-27-15-9-13-22-12-7-8-14-25(22)27/h4-18,20H,3,19H2,1-2H3,(H,29,30). The van der Waals surface area contributed by atoms with E-state index in [0.29, 0.717) is 18.8 Å². The SMILES string of the molecule is CCOc1ccc(C(=O)NC(C)c2ccccc2)cc1COc1cccc2ccccc12. The second-order valence-corrected chi connectivity index (χ2v) is 7.63. The first-order valence-corrected chi connectivity index (χ1v) is 10.9. The normalized spacial score (nSPS) is 11.7. The zero-order chi connectivity index (χ0) is 22.3. The number of rotatable bonds is 8. The highest BCUT2D eigenvalue weighted by molar-refractivity contribution is 5.95. The maximum Gasteiger partial charge on any atom is 0.251 e. The molecule has 1 atom stereocenters. The maximum atomic E-state index is 12.9. The second-order valence-electron chi connectivity index (χ2n) is 7.63. The molecule has 4 aromatic rings. The van der Waals surface area contributed by atoms with E-state index in [-0.39, 0.29) is 11.9 Å². The summed E-state index contributed by atoms with van der Waals surface area (Å²) in [4.78, 5) is 12.9. The van der Waals surface area contributed by atoms with Crippen molar-refractivity contribution in [2.45, 2.75) is 26.5 Å². The molecular formula is C28H27NO3. The van der Waals surface area contributed by atoms with Crippen LogP contribution in [0.5, 0.6) is 11.5 Å². The molecular weight excluding hydrogens is 398 g/mol. The van der Waals surface area contributed by atoms with E-state index < -0.39 is 0 Å². The molecule has 0 fully saturated rings. The molecule has 0 aliphatic carbocycles. The summed E-state index contributed by atoms with van der Waals surface area (Å²) in [6, 6.07) is 29.4. The van der Waals surface area contributed by atoms with Gasteiger partial charge < -0.3 is 14.8 Å². The molecule has 0 bridgehead atoms. The van der Waals surface area contributed by atoms with Gasteiger partial charge in [0.25, 0.3) is 5.91 Å². The Balaban J connectivity index is 1.54. The molecule has 32 heavy (non-hydrogen) atoms. The predicted octanol–water partition coefficient (Wildman–Crippen LogP) is 6.31. The second kappa shape index (κ2) is 10.0. The maximum absolute atomic E-state index is 12.9. The Hall–Kier alpha value is -3.79. The quantitative estimate of drug-likeness (QED) is 0.360. The largest absolute Gasteiger partial charge is 0.493 e. The highest BCUT2D eigenvalue weighted by Gasteiger charge is 2.15. The fourth-order valence-electron chi connectivity index (χ4n) is 3.71. The van der Waals surface area contributed by atoms with Crippen LogP contribution >= 0.6 is 0 Å². The van der Waals surface area contributed by atoms with E-state index >= 15 is 0 Å². The van der Waals surface area contributed by atoms with E-state index in [4.69, 9.17) is 9.47 Å². The first-order valence-electron chi connectivity index (χ1n) is 10.9. The van der Waals surface area contributed by atoms with Crippen molar-refractivity contribution in [2.75, 3.05) is 6.61 Å². The highest BCUT2D eigenvalue weighted by atomic mass is 16.5. The van der Waals surface area contributed by atoms with Crippen LogP contribution in [0.3, 0.4) is 0 Å². The van der Waals surface area contributed by atoms with Crippen LogP contribution in [-0.4, -0.2) is 12.5 Å². The topological polar surface area (TPSA) is 47.6 Å². The molecule has 0 saturated heterocycles. The van der Waals surface area contributed by atoms with E-state index in [1.54, 1.807) is 6.07 Å². The minimum atomic E-state index is -0.129. The first kappa shape index (κ1) is 21.4. The van der Waals surface area contributed by atoms with Crippen molar-refractivity contribution in [3.63, 3.8) is 0 Å². The van der Waals surface area contributed by atoms with Crippen LogP contribution < -0.4 is 14.8 Å². The van der Waals surface area contributed by atoms with Crippen LogP contribution in [0.4, 0.5) is 0 Å². The van der Waals surface area contributed by atoms with Crippen LogP contribution in [0, 0.1) is 0 Å². The van der Waals surface area contributed by atoms with E-state index in [9.17, 15) is 4.79 Å². The van der Waals surface area contributed by atoms with Crippen LogP contribution in [-0.2, 0) is 6.61 Å². The minimum absolute atomic E-state index is 0.0920. The van der Waals surface area contributed by atoms with Crippen LogP contribution in [0.25, 0.3) is 10.8 Å². The van der Waals surface area contributed by atoms with Crippen molar-refractivity contribution in [3.8, 4) is 11.5 Å². The third kappa shape index (κ3) is 4.92. The van der Waals surface area contributed by atoms with Gasteiger partial charge in [0.15, 0.2) is 0 Å². The molecule has 0 aromatic heterocycles. The van der Waals surface area contributed by atoms with Crippen molar-refractivity contribution in [2.24, 2.45) is 0 Å². The summed E-state index contributed by atoms with van der Waals surface area (Å²) < 4.78 is 12.0. The molecule has 0 aliphatic heterocycles. The summed E-state index contributed by atoms with van der Waals surface area (Å²) in [5.41, 5.74) is 2.47. The van der Waals surface area contributed by atoms with Gasteiger partial charge in [0.05, 0.1) is 12.6 Å². The molecule has 1 N–H and O–H groups in total. The molecule has 0 spiro atoms. The Labute approximate surface area is 188 Å². The Kier molecular flexibility index (Phi) is 6.71. The lowest BCUT2D eigenvalue weighted by molar-refractivity contribution is 0.0939.